The van der Waals surface area contributed by atoms with Gasteiger partial charge >= 0.3 is 23.1 Å². The standard InChI is InChI=1S/C26H32O2.C24H28O2.CH4.CH3.HI.Mg/c1-18(2)22-14-11-19(3)15-23(22)26-24(27-4)16-21(17-25(26)28-5)13-12-20-9-7-6-8-10-20;1-16(2)20-12-9-17(3)13-21(20)24-22(25)14-19(15-23(24)26)11-10-18-7-5-4-6-8-18;;;;/h6-10,15-17,22-23H,1,11-14H2,2-5H3;4-8,13-15,20-21,25-26H,1,9-12H2,2-3H3;1H4;1H3;1H;/q;;;-1;;+2/p-1/t22-,23+;20-,21+;;;;/m00..../s1/i2*2D3;;;;. The maximum Gasteiger partial charge on any atom is 2.00 e. The molecule has 0 spiro atoms. The molecule has 0 bridgehead atoms. The minimum atomic E-state index is -2.26. The Bertz CT molecular complexity index is 2140. The molecule has 308 valence electrons. The van der Waals surface area contributed by atoms with Crippen LogP contribution in [0.4, 0.5) is 0 Å². The first-order valence-corrected chi connectivity index (χ1v) is 19.0. The van der Waals surface area contributed by atoms with Crippen molar-refractivity contribution in [3.8, 4) is 23.0 Å². The molecule has 0 saturated heterocycles. The van der Waals surface area contributed by atoms with Gasteiger partial charge in [-0.15, -0.1) is 0 Å². The van der Waals surface area contributed by atoms with Gasteiger partial charge in [-0.3, -0.25) is 0 Å². The van der Waals surface area contributed by atoms with Crippen molar-refractivity contribution in [2.45, 2.75) is 98.2 Å². The van der Waals surface area contributed by atoms with Crippen molar-refractivity contribution in [1.82, 2.24) is 0 Å². The van der Waals surface area contributed by atoms with Gasteiger partial charge in [0, 0.05) is 31.2 Å². The van der Waals surface area contributed by atoms with Gasteiger partial charge in [0.25, 0.3) is 0 Å². The Hall–Kier alpha value is -3.46. The first kappa shape index (κ1) is 42.7. The monoisotopic (exact) mass is 912 g/mol. The van der Waals surface area contributed by atoms with E-state index in [2.05, 4.69) is 74.7 Å². The first-order valence-electron chi connectivity index (χ1n) is 22.0. The van der Waals surface area contributed by atoms with Gasteiger partial charge in [-0.1, -0.05) is 116 Å². The second kappa shape index (κ2) is 25.2. The van der Waals surface area contributed by atoms with Crippen molar-refractivity contribution >= 4 is 23.1 Å². The van der Waals surface area contributed by atoms with E-state index < -0.39 is 19.6 Å². The van der Waals surface area contributed by atoms with E-state index in [1.165, 1.54) is 16.7 Å². The summed E-state index contributed by atoms with van der Waals surface area (Å²) in [6.45, 7) is 7.44. The van der Waals surface area contributed by atoms with E-state index in [0.717, 1.165) is 72.3 Å². The maximum atomic E-state index is 10.8. The van der Waals surface area contributed by atoms with E-state index in [4.69, 9.17) is 17.7 Å². The Morgan fingerprint density at radius 3 is 1.38 bits per heavy atom. The maximum absolute atomic E-state index is 10.8. The van der Waals surface area contributed by atoms with Crippen LogP contribution < -0.4 is 33.5 Å². The summed E-state index contributed by atoms with van der Waals surface area (Å²) in [5.41, 5.74) is 8.59. The third kappa shape index (κ3) is 13.8. The topological polar surface area (TPSA) is 58.9 Å². The number of allylic oxidation sites excluding steroid dienone is 6. The van der Waals surface area contributed by atoms with Crippen LogP contribution in [0.3, 0.4) is 0 Å². The van der Waals surface area contributed by atoms with Crippen LogP contribution in [-0.2, 0) is 25.7 Å². The van der Waals surface area contributed by atoms with Gasteiger partial charge in [0.15, 0.2) is 0 Å². The summed E-state index contributed by atoms with van der Waals surface area (Å²) in [4.78, 5) is 0. The normalized spacial score (nSPS) is 20.1. The summed E-state index contributed by atoms with van der Waals surface area (Å²) in [7, 11) is 3.32. The minimum absolute atomic E-state index is 0. The predicted octanol–water partition coefficient (Wildman–Crippen LogP) is 10.1. The Morgan fingerprint density at radius 1 is 0.638 bits per heavy atom. The summed E-state index contributed by atoms with van der Waals surface area (Å²) in [5.74, 6) is 0.407. The molecule has 4 nitrogen and oxygen atoms in total. The fourth-order valence-corrected chi connectivity index (χ4v) is 7.99. The Kier molecular flexibility index (Phi) is 18.6. The average Bonchev–Trinajstić information content (AvgIpc) is 3.21. The van der Waals surface area contributed by atoms with E-state index >= 15 is 0 Å². The zero-order valence-corrected chi connectivity index (χ0v) is 38.0. The number of halogens is 1. The number of aromatic hydroxyl groups is 2. The zero-order valence-electron chi connectivity index (χ0n) is 40.4. The van der Waals surface area contributed by atoms with Gasteiger partial charge < -0.3 is 51.1 Å². The number of methoxy groups -OCH3 is 2. The molecule has 0 aromatic heterocycles. The van der Waals surface area contributed by atoms with Crippen LogP contribution in [0.25, 0.3) is 0 Å². The number of phenolic OH excluding ortho intramolecular Hbond substituents is 2. The minimum Gasteiger partial charge on any atom is -1.00 e. The van der Waals surface area contributed by atoms with E-state index in [-0.39, 0.29) is 96.7 Å². The molecule has 0 fully saturated rings. The van der Waals surface area contributed by atoms with E-state index in [0.29, 0.717) is 24.0 Å². The van der Waals surface area contributed by atoms with E-state index in [1.807, 2.05) is 37.3 Å². The van der Waals surface area contributed by atoms with Crippen LogP contribution in [0.1, 0.15) is 114 Å². The quantitative estimate of drug-likeness (QED) is 0.0644. The number of ether oxygens (including phenoxy) is 2. The molecular formula is C52H67IMgO4. The second-order valence-electron chi connectivity index (χ2n) is 14.9. The summed E-state index contributed by atoms with van der Waals surface area (Å²) in [5, 5.41) is 21.5. The fraction of sp³-hybridized carbons (Fsp3) is 0.365. The van der Waals surface area contributed by atoms with Gasteiger partial charge in [-0.2, -0.15) is 0 Å². The summed E-state index contributed by atoms with van der Waals surface area (Å²) < 4.78 is 58.5. The summed E-state index contributed by atoms with van der Waals surface area (Å²) in [6.07, 6.45) is 10.5. The van der Waals surface area contributed by atoms with Crippen LogP contribution in [0.5, 0.6) is 23.0 Å². The van der Waals surface area contributed by atoms with Gasteiger partial charge in [0.1, 0.15) is 23.0 Å². The molecule has 4 atom stereocenters. The Labute approximate surface area is 393 Å². The molecular weight excluding hydrogens is 840 g/mol. The molecule has 4 aromatic carbocycles. The van der Waals surface area contributed by atoms with Crippen LogP contribution in [0.2, 0.25) is 0 Å². The second-order valence-corrected chi connectivity index (χ2v) is 14.9. The van der Waals surface area contributed by atoms with Crippen molar-refractivity contribution < 1.29 is 51.9 Å². The molecule has 6 rings (SSSR count). The number of rotatable bonds is 12. The van der Waals surface area contributed by atoms with E-state index in [1.54, 1.807) is 26.4 Å². The smallest absolute Gasteiger partial charge is 1.00 e. The molecule has 0 amide bonds. The number of phenols is 2. The number of aryl methyl sites for hydroxylation is 4. The third-order valence-corrected chi connectivity index (χ3v) is 10.9. The molecule has 0 unspecified atom stereocenters. The van der Waals surface area contributed by atoms with Crippen LogP contribution in [-0.4, -0.2) is 47.5 Å². The molecule has 0 heterocycles. The zero-order chi connectivity index (χ0) is 43.8. The average molecular weight is 913 g/mol. The van der Waals surface area contributed by atoms with Gasteiger partial charge in [0.05, 0.1) is 14.2 Å². The molecule has 2 aliphatic rings. The van der Waals surface area contributed by atoms with Gasteiger partial charge in [-0.05, 0) is 137 Å². The SMILES string of the molecule is C.[2H]C([2H])([2H])C(=C)[C@@H]1CCC(C)=C[C@H]1c1c(O)cc(CCc2ccccc2)cc1O.[2H]C([2H])([2H])C(=C)[C@@H]1CCC(C)=C[C@H]1c1c(OC)cc(CCc2ccccc2)cc1OC.[CH3-].[I-].[Mg+2]. The molecule has 4 aromatic rings. The van der Waals surface area contributed by atoms with Gasteiger partial charge in [0.2, 0.25) is 0 Å². The molecule has 0 aliphatic heterocycles. The van der Waals surface area contributed by atoms with E-state index in [9.17, 15) is 10.2 Å². The van der Waals surface area contributed by atoms with Crippen molar-refractivity contribution in [3.63, 3.8) is 0 Å². The van der Waals surface area contributed by atoms with Crippen LogP contribution in [0, 0.1) is 19.3 Å². The fourth-order valence-electron chi connectivity index (χ4n) is 7.99. The largest absolute Gasteiger partial charge is 2.00 e. The Balaban J connectivity index is 0.000000603. The molecule has 0 saturated carbocycles. The van der Waals surface area contributed by atoms with Crippen molar-refractivity contribution in [2.24, 2.45) is 11.8 Å². The van der Waals surface area contributed by atoms with Crippen LogP contribution >= 0.6 is 0 Å². The number of benzene rings is 4. The number of hydrogen-bond donors (Lipinski definition) is 2. The molecule has 6 heteroatoms. The van der Waals surface area contributed by atoms with Crippen LogP contribution in [0.15, 0.2) is 133 Å². The first-order chi connectivity index (χ1) is 28.4. The van der Waals surface area contributed by atoms with Crippen molar-refractivity contribution in [3.05, 3.63) is 173 Å². The number of hydrogen-bond acceptors (Lipinski definition) is 4. The molecule has 0 radical (unpaired) electrons. The van der Waals surface area contributed by atoms with Crippen molar-refractivity contribution in [1.29, 1.82) is 0 Å². The third-order valence-electron chi connectivity index (χ3n) is 10.9. The predicted molar refractivity (Wildman–Crippen MR) is 244 cm³/mol. The van der Waals surface area contributed by atoms with Gasteiger partial charge in [-0.25, -0.2) is 0 Å². The Morgan fingerprint density at radius 2 is 1.00 bits per heavy atom. The summed E-state index contributed by atoms with van der Waals surface area (Å²) >= 11 is 0. The van der Waals surface area contributed by atoms with Crippen molar-refractivity contribution in [2.75, 3.05) is 14.2 Å². The molecule has 2 N–H and O–H groups in total. The molecule has 2 aliphatic carbocycles. The summed E-state index contributed by atoms with van der Waals surface area (Å²) in [6, 6.07) is 27.9. The molecule has 58 heavy (non-hydrogen) atoms.